The van der Waals surface area contributed by atoms with Gasteiger partial charge in [0.05, 0.1) is 0 Å². The summed E-state index contributed by atoms with van der Waals surface area (Å²) < 4.78 is 0. The molecule has 6 heteroatoms. The average Bonchev–Trinajstić information content (AvgIpc) is 2.20. The molecule has 0 bridgehead atoms. The first kappa shape index (κ1) is 15.7. The summed E-state index contributed by atoms with van der Waals surface area (Å²) in [6, 6.07) is 10.4. The van der Waals surface area contributed by atoms with Gasteiger partial charge in [0.1, 0.15) is 7.59 Å². The van der Waals surface area contributed by atoms with Crippen LogP contribution in [-0.4, -0.2) is 33.3 Å². The Hall–Kier alpha value is 0.668. The van der Waals surface area contributed by atoms with Gasteiger partial charge in [0, 0.05) is 0 Å². The van der Waals surface area contributed by atoms with Gasteiger partial charge in [-0.25, -0.2) is 0 Å². The Kier molecular flexibility index (Phi) is 6.70. The van der Waals surface area contributed by atoms with E-state index >= 15 is 0 Å². The maximum Gasteiger partial charge on any atom is 0.240 e. The van der Waals surface area contributed by atoms with E-state index in [1.54, 1.807) is 0 Å². The molecule has 0 aromatic heterocycles. The number of hydrogen-bond donors (Lipinski definition) is 0. The van der Waals surface area contributed by atoms with E-state index in [1.807, 2.05) is 12.6 Å². The van der Waals surface area contributed by atoms with Gasteiger partial charge in [0.15, 0.2) is 0 Å². The fourth-order valence-corrected chi connectivity index (χ4v) is 6.63. The largest absolute Gasteiger partial charge is 0.240 e. The molecule has 1 aromatic rings. The van der Waals surface area contributed by atoms with Gasteiger partial charge in [0.25, 0.3) is 0 Å². The van der Waals surface area contributed by atoms with Crippen molar-refractivity contribution >= 4 is 60.7 Å². The number of benzene rings is 1. The second-order valence-electron chi connectivity index (χ2n) is 3.88. The molecule has 0 atom stereocenters. The molecule has 0 saturated carbocycles. The lowest BCUT2D eigenvalue weighted by atomic mass is 10.4. The van der Waals surface area contributed by atoms with Crippen molar-refractivity contribution in [3.63, 3.8) is 0 Å². The van der Waals surface area contributed by atoms with E-state index in [0.717, 1.165) is 0 Å². The fourth-order valence-electron chi connectivity index (χ4n) is 1.11. The van der Waals surface area contributed by atoms with Crippen LogP contribution in [0.1, 0.15) is 0 Å². The molecule has 0 amide bonds. The minimum absolute atomic E-state index is 1.36. The quantitative estimate of drug-likeness (QED) is 0.561. The topological polar surface area (TPSA) is 0 Å². The molecular weight excluding hydrogens is 291 g/mol. The standard InChI is InChI=1S/C9H14Cl2Si2.H6Si2/c1-12(2,13(3,10)11)9-7-5-4-6-8-9;1-2/h4-8H,1-3H3;1-2H3. The van der Waals surface area contributed by atoms with Crippen LogP contribution in [0.5, 0.6) is 0 Å². The maximum atomic E-state index is 6.33. The third kappa shape index (κ3) is 4.20. The highest BCUT2D eigenvalue weighted by Gasteiger charge is 2.44. The van der Waals surface area contributed by atoms with Gasteiger partial charge in [-0.3, -0.25) is 0 Å². The summed E-state index contributed by atoms with van der Waals surface area (Å²) in [4.78, 5) is 0. The minimum Gasteiger partial charge on any atom is -0.150 e. The summed E-state index contributed by atoms with van der Waals surface area (Å²) in [5, 5.41) is 1.36. The molecule has 0 fully saturated rings. The van der Waals surface area contributed by atoms with Crippen molar-refractivity contribution < 1.29 is 0 Å². The Morgan fingerprint density at radius 1 is 0.933 bits per heavy atom. The number of hydrogen-bond acceptors (Lipinski definition) is 0. The van der Waals surface area contributed by atoms with Crippen molar-refractivity contribution in [1.82, 2.24) is 0 Å². The second-order valence-corrected chi connectivity index (χ2v) is 23.3. The van der Waals surface area contributed by atoms with Gasteiger partial charge in [-0.15, -0.1) is 22.2 Å². The van der Waals surface area contributed by atoms with Gasteiger partial charge in [-0.05, 0) is 26.1 Å². The van der Waals surface area contributed by atoms with Crippen molar-refractivity contribution in [2.45, 2.75) is 19.6 Å². The minimum atomic E-state index is -2.04. The van der Waals surface area contributed by atoms with Gasteiger partial charge >= 0.3 is 0 Å². The molecular formula is C9H20Cl2Si4. The molecule has 0 saturated heterocycles. The molecule has 0 heterocycles. The van der Waals surface area contributed by atoms with E-state index in [1.165, 1.54) is 24.7 Å². The van der Waals surface area contributed by atoms with Crippen LogP contribution in [0.2, 0.25) is 19.6 Å². The van der Waals surface area contributed by atoms with Crippen LogP contribution in [0.25, 0.3) is 0 Å². The van der Waals surface area contributed by atoms with Crippen LogP contribution in [-0.2, 0) is 0 Å². The zero-order valence-electron chi connectivity index (χ0n) is 10.1. The predicted octanol–water partition coefficient (Wildman–Crippen LogP) is 0.862. The molecule has 0 radical (unpaired) electrons. The third-order valence-corrected chi connectivity index (χ3v) is 22.5. The summed E-state index contributed by atoms with van der Waals surface area (Å²) in [5.74, 6) is 0. The van der Waals surface area contributed by atoms with Crippen molar-refractivity contribution in [2.24, 2.45) is 0 Å². The van der Waals surface area contributed by atoms with Crippen molar-refractivity contribution in [3.05, 3.63) is 30.3 Å². The molecule has 86 valence electrons. The van der Waals surface area contributed by atoms with Crippen molar-refractivity contribution in [2.75, 3.05) is 0 Å². The number of halogens is 2. The second kappa shape index (κ2) is 6.41. The summed E-state index contributed by atoms with van der Waals surface area (Å²) in [6.07, 6.45) is -2.04. The molecule has 0 unspecified atom stereocenters. The summed E-state index contributed by atoms with van der Waals surface area (Å²) in [5.41, 5.74) is 0. The SMILES string of the molecule is C[Si](Cl)(Cl)[Si](C)(C)c1ccccc1.[SiH3][SiH3]. The summed E-state index contributed by atoms with van der Waals surface area (Å²) >= 11 is 12.7. The highest BCUT2D eigenvalue weighted by atomic mass is 35.7. The van der Waals surface area contributed by atoms with E-state index in [4.69, 9.17) is 22.2 Å². The first-order valence-corrected chi connectivity index (χ1v) is 21.8. The van der Waals surface area contributed by atoms with Crippen LogP contribution >= 0.6 is 22.2 Å². The Labute approximate surface area is 110 Å². The third-order valence-electron chi connectivity index (χ3n) is 2.59. The molecule has 0 nitrogen and oxygen atoms in total. The zero-order chi connectivity index (χ0) is 12.1. The van der Waals surface area contributed by atoms with E-state index in [2.05, 4.69) is 37.4 Å². The first-order chi connectivity index (χ1) is 6.86. The summed E-state index contributed by atoms with van der Waals surface area (Å²) in [6.45, 7) is 6.51. The van der Waals surface area contributed by atoms with Crippen molar-refractivity contribution in [1.29, 1.82) is 0 Å². The van der Waals surface area contributed by atoms with Crippen LogP contribution < -0.4 is 5.19 Å². The molecule has 1 rings (SSSR count). The summed E-state index contributed by atoms with van der Waals surface area (Å²) in [7, 11) is 1.28. The van der Waals surface area contributed by atoms with Crippen LogP contribution in [0.15, 0.2) is 30.3 Å². The molecule has 0 aliphatic carbocycles. The average molecular weight is 312 g/mol. The van der Waals surface area contributed by atoms with E-state index in [-0.39, 0.29) is 0 Å². The van der Waals surface area contributed by atoms with Gasteiger partial charge in [-0.2, -0.15) is 0 Å². The molecule has 0 aliphatic heterocycles. The highest BCUT2D eigenvalue weighted by molar-refractivity contribution is 7.76. The first-order valence-electron chi connectivity index (χ1n) is 5.29. The Balaban J connectivity index is 0.000000921. The fraction of sp³-hybridized carbons (Fsp3) is 0.333. The lowest BCUT2D eigenvalue weighted by molar-refractivity contribution is 1.73. The van der Waals surface area contributed by atoms with Crippen molar-refractivity contribution in [3.8, 4) is 0 Å². The predicted molar refractivity (Wildman–Crippen MR) is 86.8 cm³/mol. The Morgan fingerprint density at radius 3 is 1.67 bits per heavy atom. The molecule has 0 spiro atoms. The highest BCUT2D eigenvalue weighted by Crippen LogP contribution is 2.26. The van der Waals surface area contributed by atoms with Crippen LogP contribution in [0.3, 0.4) is 0 Å². The van der Waals surface area contributed by atoms with Gasteiger partial charge < -0.3 is 0 Å². The number of rotatable bonds is 2. The molecule has 15 heavy (non-hydrogen) atoms. The molecule has 1 aromatic carbocycles. The lowest BCUT2D eigenvalue weighted by Crippen LogP contribution is -2.58. The molecule has 0 N–H and O–H groups in total. The Bertz CT molecular complexity index is 282. The van der Waals surface area contributed by atoms with Crippen LogP contribution in [0.4, 0.5) is 0 Å². The Morgan fingerprint density at radius 2 is 1.33 bits per heavy atom. The van der Waals surface area contributed by atoms with E-state index in [9.17, 15) is 0 Å². The zero-order valence-corrected chi connectivity index (χ0v) is 17.7. The van der Waals surface area contributed by atoms with Gasteiger partial charge in [-0.1, -0.05) is 48.6 Å². The maximum absolute atomic E-state index is 6.33. The van der Waals surface area contributed by atoms with E-state index in [0.29, 0.717) is 0 Å². The smallest absolute Gasteiger partial charge is 0.150 e. The monoisotopic (exact) mass is 310 g/mol. The van der Waals surface area contributed by atoms with E-state index < -0.39 is 13.8 Å². The van der Waals surface area contributed by atoms with Crippen LogP contribution in [0, 0.1) is 0 Å². The lowest BCUT2D eigenvalue weighted by Gasteiger charge is -2.30. The molecule has 0 aliphatic rings. The van der Waals surface area contributed by atoms with Gasteiger partial charge in [0.2, 0.25) is 6.21 Å². The normalized spacial score (nSPS) is 12.1.